The molecule has 1 aromatic rings. The molecule has 0 unspecified atom stereocenters. The number of piperazine rings is 1. The number of carbonyl (C=O) groups excluding carboxylic acids is 1. The SMILES string of the molecule is C=CC(=O)N1CCN(C2CN(c3cc(N4CCC5(CC4)OCC=C5C)nc(C(F)F)c3CCC)C2)CC1. The predicted octanol–water partition coefficient (Wildman–Crippen LogP) is 3.81. The Balaban J connectivity index is 1.31. The molecule has 4 aliphatic heterocycles. The second kappa shape index (κ2) is 10.7. The smallest absolute Gasteiger partial charge is 0.280 e. The summed E-state index contributed by atoms with van der Waals surface area (Å²) in [7, 11) is 0. The Kier molecular flexibility index (Phi) is 7.54. The highest BCUT2D eigenvalue weighted by Gasteiger charge is 2.41. The summed E-state index contributed by atoms with van der Waals surface area (Å²) in [5.74, 6) is 0.636. The molecule has 202 valence electrons. The topological polar surface area (TPSA) is 52.2 Å². The largest absolute Gasteiger partial charge is 0.368 e. The summed E-state index contributed by atoms with van der Waals surface area (Å²) in [6.45, 7) is 14.5. The molecular formula is C28H39F2N5O2. The van der Waals surface area contributed by atoms with Crippen molar-refractivity contribution < 1.29 is 18.3 Å². The van der Waals surface area contributed by atoms with E-state index in [4.69, 9.17) is 4.74 Å². The summed E-state index contributed by atoms with van der Waals surface area (Å²) in [4.78, 5) is 25.1. The number of hydrogen-bond donors (Lipinski definition) is 0. The van der Waals surface area contributed by atoms with Crippen LogP contribution in [-0.4, -0.2) is 91.3 Å². The number of amides is 1. The lowest BCUT2D eigenvalue weighted by Gasteiger charge is -2.49. The fourth-order valence-corrected chi connectivity index (χ4v) is 6.28. The Bertz CT molecular complexity index is 1040. The first-order chi connectivity index (χ1) is 17.8. The number of hydrogen-bond acceptors (Lipinski definition) is 6. The highest BCUT2D eigenvalue weighted by atomic mass is 19.3. The van der Waals surface area contributed by atoms with Crippen LogP contribution in [0.15, 0.2) is 30.4 Å². The molecule has 37 heavy (non-hydrogen) atoms. The van der Waals surface area contributed by atoms with Gasteiger partial charge in [-0.15, -0.1) is 0 Å². The highest BCUT2D eigenvalue weighted by molar-refractivity contribution is 5.87. The van der Waals surface area contributed by atoms with Gasteiger partial charge in [-0.2, -0.15) is 0 Å². The lowest BCUT2D eigenvalue weighted by Crippen LogP contribution is -2.63. The molecule has 0 saturated carbocycles. The molecule has 4 aliphatic rings. The van der Waals surface area contributed by atoms with E-state index in [1.165, 1.54) is 11.6 Å². The third-order valence-corrected chi connectivity index (χ3v) is 8.71. The van der Waals surface area contributed by atoms with Crippen LogP contribution < -0.4 is 9.80 Å². The normalized spacial score (nSPS) is 22.5. The van der Waals surface area contributed by atoms with E-state index in [-0.39, 0.29) is 17.2 Å². The average Bonchev–Trinajstić information content (AvgIpc) is 3.23. The van der Waals surface area contributed by atoms with Crippen molar-refractivity contribution in [2.24, 2.45) is 0 Å². The van der Waals surface area contributed by atoms with Crippen molar-refractivity contribution in [1.82, 2.24) is 14.8 Å². The number of ether oxygens (including phenoxy) is 1. The van der Waals surface area contributed by atoms with Crippen molar-refractivity contribution >= 4 is 17.4 Å². The molecule has 0 aliphatic carbocycles. The Morgan fingerprint density at radius 2 is 1.89 bits per heavy atom. The van der Waals surface area contributed by atoms with Gasteiger partial charge in [0.2, 0.25) is 5.91 Å². The van der Waals surface area contributed by atoms with Gasteiger partial charge in [0.25, 0.3) is 6.43 Å². The van der Waals surface area contributed by atoms with E-state index in [0.717, 1.165) is 64.2 Å². The minimum atomic E-state index is -2.60. The summed E-state index contributed by atoms with van der Waals surface area (Å²) < 4.78 is 34.6. The van der Waals surface area contributed by atoms with E-state index in [0.29, 0.717) is 43.5 Å². The van der Waals surface area contributed by atoms with E-state index in [2.05, 4.69) is 39.3 Å². The molecule has 9 heteroatoms. The van der Waals surface area contributed by atoms with Crippen LogP contribution in [0.2, 0.25) is 0 Å². The monoisotopic (exact) mass is 515 g/mol. The lowest BCUT2D eigenvalue weighted by atomic mass is 9.85. The van der Waals surface area contributed by atoms with Gasteiger partial charge in [-0.05, 0) is 37.8 Å². The number of pyridine rings is 1. The van der Waals surface area contributed by atoms with Gasteiger partial charge in [0.15, 0.2) is 0 Å². The highest BCUT2D eigenvalue weighted by Crippen LogP contribution is 2.40. The molecular weight excluding hydrogens is 476 g/mol. The summed E-state index contributed by atoms with van der Waals surface area (Å²) in [5, 5.41) is 0. The fraction of sp³-hybridized carbons (Fsp3) is 0.643. The minimum absolute atomic E-state index is 0.0164. The minimum Gasteiger partial charge on any atom is -0.368 e. The zero-order chi connectivity index (χ0) is 26.2. The molecule has 1 spiro atoms. The zero-order valence-electron chi connectivity index (χ0n) is 22.1. The number of anilines is 2. The van der Waals surface area contributed by atoms with Gasteiger partial charge in [-0.1, -0.05) is 26.0 Å². The maximum Gasteiger partial charge on any atom is 0.280 e. The average molecular weight is 516 g/mol. The quantitative estimate of drug-likeness (QED) is 0.407. The van der Waals surface area contributed by atoms with Gasteiger partial charge < -0.3 is 19.4 Å². The maximum absolute atomic E-state index is 14.3. The Labute approximate surface area is 218 Å². The van der Waals surface area contributed by atoms with E-state index < -0.39 is 6.43 Å². The van der Waals surface area contributed by atoms with E-state index in [1.54, 1.807) is 0 Å². The summed E-state index contributed by atoms with van der Waals surface area (Å²) in [6.07, 6.45) is 3.99. The molecule has 3 saturated heterocycles. The Morgan fingerprint density at radius 1 is 1.19 bits per heavy atom. The van der Waals surface area contributed by atoms with Gasteiger partial charge in [0, 0.05) is 75.7 Å². The maximum atomic E-state index is 14.3. The number of rotatable bonds is 7. The fourth-order valence-electron chi connectivity index (χ4n) is 6.28. The van der Waals surface area contributed by atoms with Crippen molar-refractivity contribution in [2.45, 2.75) is 57.6 Å². The molecule has 0 bridgehead atoms. The molecule has 5 rings (SSSR count). The molecule has 3 fully saturated rings. The number of aromatic nitrogens is 1. The summed E-state index contributed by atoms with van der Waals surface area (Å²) >= 11 is 0. The molecule has 1 aromatic heterocycles. The van der Waals surface area contributed by atoms with Crippen molar-refractivity contribution in [2.75, 3.05) is 68.8 Å². The first-order valence-electron chi connectivity index (χ1n) is 13.6. The van der Waals surface area contributed by atoms with Gasteiger partial charge >= 0.3 is 0 Å². The molecule has 7 nitrogen and oxygen atoms in total. The molecule has 0 N–H and O–H groups in total. The van der Waals surface area contributed by atoms with Crippen molar-refractivity contribution in [3.63, 3.8) is 0 Å². The first kappa shape index (κ1) is 26.1. The van der Waals surface area contributed by atoms with Crippen LogP contribution in [0, 0.1) is 0 Å². The van der Waals surface area contributed by atoms with Crippen molar-refractivity contribution in [1.29, 1.82) is 0 Å². The molecule has 1 amide bonds. The second-order valence-electron chi connectivity index (χ2n) is 10.7. The van der Waals surface area contributed by atoms with Crippen LogP contribution in [0.1, 0.15) is 50.8 Å². The van der Waals surface area contributed by atoms with Crippen LogP contribution in [0.25, 0.3) is 0 Å². The van der Waals surface area contributed by atoms with Crippen LogP contribution >= 0.6 is 0 Å². The molecule has 0 atom stereocenters. The first-order valence-corrected chi connectivity index (χ1v) is 13.6. The van der Waals surface area contributed by atoms with Gasteiger partial charge in [0.1, 0.15) is 11.5 Å². The number of nitrogens with zero attached hydrogens (tertiary/aromatic N) is 5. The molecule has 5 heterocycles. The molecule has 0 aromatic carbocycles. The van der Waals surface area contributed by atoms with Crippen LogP contribution in [0.4, 0.5) is 20.3 Å². The van der Waals surface area contributed by atoms with Gasteiger partial charge in [-0.25, -0.2) is 13.8 Å². The van der Waals surface area contributed by atoms with E-state index in [9.17, 15) is 13.6 Å². The Hall–Kier alpha value is -2.52. The van der Waals surface area contributed by atoms with Crippen molar-refractivity contribution in [3.05, 3.63) is 41.6 Å². The third kappa shape index (κ3) is 5.00. The van der Waals surface area contributed by atoms with Crippen molar-refractivity contribution in [3.8, 4) is 0 Å². The van der Waals surface area contributed by atoms with E-state index >= 15 is 0 Å². The zero-order valence-corrected chi connectivity index (χ0v) is 22.1. The number of halogens is 2. The Morgan fingerprint density at radius 3 is 2.46 bits per heavy atom. The van der Waals surface area contributed by atoms with Gasteiger partial charge in [0.05, 0.1) is 12.2 Å². The lowest BCUT2D eigenvalue weighted by molar-refractivity contribution is -0.128. The number of alkyl halides is 2. The standard InChI is InChI=1S/C28H39F2N5O2/c1-4-6-22-23(35-18-21(19-35)32-12-14-34(15-13-32)25(36)5-2)17-24(31-26(22)27(29)30)33-10-8-28(9-11-33)20(3)7-16-37-28/h5,7,17,21,27H,2,4,6,8-16,18-19H2,1,3H3. The second-order valence-corrected chi connectivity index (χ2v) is 10.7. The van der Waals surface area contributed by atoms with Crippen LogP contribution in [0.5, 0.6) is 0 Å². The van der Waals surface area contributed by atoms with E-state index in [1.807, 2.05) is 17.9 Å². The predicted molar refractivity (Wildman–Crippen MR) is 141 cm³/mol. The van der Waals surface area contributed by atoms with Crippen LogP contribution in [-0.2, 0) is 16.0 Å². The third-order valence-electron chi connectivity index (χ3n) is 8.71. The van der Waals surface area contributed by atoms with Crippen LogP contribution in [0.3, 0.4) is 0 Å². The number of carbonyl (C=O) groups is 1. The summed E-state index contributed by atoms with van der Waals surface area (Å²) in [5.41, 5.74) is 2.62. The number of piperidine rings is 1. The molecule has 0 radical (unpaired) electrons. The van der Waals surface area contributed by atoms with Gasteiger partial charge in [-0.3, -0.25) is 9.69 Å². The summed E-state index contributed by atoms with van der Waals surface area (Å²) in [6, 6.07) is 2.41.